The Labute approximate surface area is 128 Å². The van der Waals surface area contributed by atoms with E-state index in [1.165, 1.54) is 0 Å². The monoisotopic (exact) mass is 302 g/mol. The van der Waals surface area contributed by atoms with Gasteiger partial charge in [-0.2, -0.15) is 5.26 Å². The average molecular weight is 303 g/mol. The third-order valence-corrected chi connectivity index (χ3v) is 3.30. The fraction of sp³-hybridized carbons (Fsp3) is 0.188. The van der Waals surface area contributed by atoms with Crippen molar-refractivity contribution >= 4 is 17.3 Å². The lowest BCUT2D eigenvalue weighted by atomic mass is 10.1. The van der Waals surface area contributed by atoms with Crippen molar-refractivity contribution in [3.05, 3.63) is 52.5 Å². The lowest BCUT2D eigenvalue weighted by molar-refractivity contribution is 0.409. The first-order valence-electron chi connectivity index (χ1n) is 6.33. The number of ether oxygens (including phenoxy) is 2. The zero-order valence-corrected chi connectivity index (χ0v) is 12.6. The highest BCUT2D eigenvalue weighted by atomic mass is 35.5. The van der Waals surface area contributed by atoms with E-state index in [2.05, 4.69) is 11.4 Å². The number of para-hydroxylation sites is 1. The van der Waals surface area contributed by atoms with Crippen LogP contribution < -0.4 is 14.8 Å². The number of halogens is 1. The highest BCUT2D eigenvalue weighted by Gasteiger charge is 2.10. The Morgan fingerprint density at radius 2 is 1.90 bits per heavy atom. The molecule has 0 radical (unpaired) electrons. The molecule has 0 fully saturated rings. The van der Waals surface area contributed by atoms with Crippen LogP contribution in [-0.2, 0) is 6.54 Å². The van der Waals surface area contributed by atoms with Crippen LogP contribution in [-0.4, -0.2) is 14.2 Å². The molecular formula is C16H15ClN2O2. The summed E-state index contributed by atoms with van der Waals surface area (Å²) in [6.07, 6.45) is 0. The van der Waals surface area contributed by atoms with E-state index in [0.29, 0.717) is 28.6 Å². The summed E-state index contributed by atoms with van der Waals surface area (Å²) >= 11 is 6.01. The normalized spacial score (nSPS) is 9.81. The molecule has 0 unspecified atom stereocenters. The summed E-state index contributed by atoms with van der Waals surface area (Å²) in [6, 6.07) is 12.9. The van der Waals surface area contributed by atoms with E-state index in [4.69, 9.17) is 21.1 Å². The molecule has 5 heteroatoms. The van der Waals surface area contributed by atoms with E-state index in [1.54, 1.807) is 38.5 Å². The SMILES string of the molecule is COc1ccc(Cl)cc1CNc1c(C#N)cccc1OC. The molecule has 1 N–H and O–H groups in total. The first-order chi connectivity index (χ1) is 10.2. The average Bonchev–Trinajstić information content (AvgIpc) is 2.52. The summed E-state index contributed by atoms with van der Waals surface area (Å²) in [5.41, 5.74) is 2.08. The molecule has 0 bridgehead atoms. The first kappa shape index (κ1) is 15.0. The third-order valence-electron chi connectivity index (χ3n) is 3.06. The van der Waals surface area contributed by atoms with Crippen molar-refractivity contribution < 1.29 is 9.47 Å². The van der Waals surface area contributed by atoms with Crippen molar-refractivity contribution in [2.75, 3.05) is 19.5 Å². The number of benzene rings is 2. The number of anilines is 1. The molecule has 2 aromatic rings. The molecule has 0 aliphatic rings. The summed E-state index contributed by atoms with van der Waals surface area (Å²) in [5, 5.41) is 13.0. The maximum atomic E-state index is 9.19. The van der Waals surface area contributed by atoms with Crippen LogP contribution in [0.2, 0.25) is 5.02 Å². The van der Waals surface area contributed by atoms with Gasteiger partial charge in [0, 0.05) is 17.1 Å². The summed E-state index contributed by atoms with van der Waals surface area (Å²) in [4.78, 5) is 0. The molecule has 0 aliphatic heterocycles. The second kappa shape index (κ2) is 6.87. The zero-order chi connectivity index (χ0) is 15.2. The summed E-state index contributed by atoms with van der Waals surface area (Å²) in [7, 11) is 3.18. The quantitative estimate of drug-likeness (QED) is 0.911. The van der Waals surface area contributed by atoms with Crippen LogP contribution in [0.25, 0.3) is 0 Å². The van der Waals surface area contributed by atoms with Crippen molar-refractivity contribution in [1.29, 1.82) is 5.26 Å². The lowest BCUT2D eigenvalue weighted by Crippen LogP contribution is -2.05. The highest BCUT2D eigenvalue weighted by molar-refractivity contribution is 6.30. The van der Waals surface area contributed by atoms with Crippen LogP contribution in [0, 0.1) is 11.3 Å². The topological polar surface area (TPSA) is 54.3 Å². The second-order valence-corrected chi connectivity index (χ2v) is 4.74. The highest BCUT2D eigenvalue weighted by Crippen LogP contribution is 2.30. The third kappa shape index (κ3) is 3.39. The number of rotatable bonds is 5. The summed E-state index contributed by atoms with van der Waals surface area (Å²) < 4.78 is 10.6. The van der Waals surface area contributed by atoms with E-state index < -0.39 is 0 Å². The Balaban J connectivity index is 2.28. The number of nitriles is 1. The van der Waals surface area contributed by atoms with Crippen molar-refractivity contribution in [1.82, 2.24) is 0 Å². The second-order valence-electron chi connectivity index (χ2n) is 4.30. The molecule has 0 aromatic heterocycles. The van der Waals surface area contributed by atoms with E-state index in [9.17, 15) is 5.26 Å². The van der Waals surface area contributed by atoms with Gasteiger partial charge < -0.3 is 14.8 Å². The molecule has 21 heavy (non-hydrogen) atoms. The molecule has 0 aliphatic carbocycles. The zero-order valence-electron chi connectivity index (χ0n) is 11.8. The van der Waals surface area contributed by atoms with Crippen LogP contribution >= 0.6 is 11.6 Å². The van der Waals surface area contributed by atoms with Crippen LogP contribution in [0.4, 0.5) is 5.69 Å². The van der Waals surface area contributed by atoms with Gasteiger partial charge in [0.05, 0.1) is 25.5 Å². The smallest absolute Gasteiger partial charge is 0.143 e. The van der Waals surface area contributed by atoms with Gasteiger partial charge in [0.2, 0.25) is 0 Å². The van der Waals surface area contributed by atoms with Gasteiger partial charge >= 0.3 is 0 Å². The first-order valence-corrected chi connectivity index (χ1v) is 6.70. The Bertz CT molecular complexity index is 680. The molecule has 0 amide bonds. The van der Waals surface area contributed by atoms with E-state index >= 15 is 0 Å². The number of nitrogens with one attached hydrogen (secondary N) is 1. The molecule has 0 saturated carbocycles. The van der Waals surface area contributed by atoms with E-state index in [1.807, 2.05) is 12.1 Å². The molecular weight excluding hydrogens is 288 g/mol. The van der Waals surface area contributed by atoms with Crippen molar-refractivity contribution in [3.8, 4) is 17.6 Å². The predicted molar refractivity (Wildman–Crippen MR) is 83.0 cm³/mol. The largest absolute Gasteiger partial charge is 0.496 e. The molecule has 0 spiro atoms. The minimum absolute atomic E-state index is 0.471. The molecule has 2 rings (SSSR count). The van der Waals surface area contributed by atoms with Gasteiger partial charge in [-0.1, -0.05) is 17.7 Å². The lowest BCUT2D eigenvalue weighted by Gasteiger charge is -2.14. The van der Waals surface area contributed by atoms with Crippen molar-refractivity contribution in [2.45, 2.75) is 6.54 Å². The number of hydrogen-bond acceptors (Lipinski definition) is 4. The van der Waals surface area contributed by atoms with Gasteiger partial charge in [-0.15, -0.1) is 0 Å². The maximum Gasteiger partial charge on any atom is 0.143 e. The van der Waals surface area contributed by atoms with Crippen LogP contribution in [0.5, 0.6) is 11.5 Å². The number of methoxy groups -OCH3 is 2. The Kier molecular flexibility index (Phi) is 4.91. The molecule has 108 valence electrons. The van der Waals surface area contributed by atoms with Gasteiger partial charge in [0.25, 0.3) is 0 Å². The molecule has 0 atom stereocenters. The molecule has 4 nitrogen and oxygen atoms in total. The van der Waals surface area contributed by atoms with Crippen LogP contribution in [0.15, 0.2) is 36.4 Å². The standard InChI is InChI=1S/C16H15ClN2O2/c1-20-14-7-6-13(17)8-12(14)10-19-16-11(9-18)4-3-5-15(16)21-2/h3-8,19H,10H2,1-2H3. The van der Waals surface area contributed by atoms with Gasteiger partial charge in [0.15, 0.2) is 0 Å². The van der Waals surface area contributed by atoms with Gasteiger partial charge in [-0.3, -0.25) is 0 Å². The molecule has 2 aromatic carbocycles. The molecule has 0 heterocycles. The Morgan fingerprint density at radius 1 is 1.14 bits per heavy atom. The maximum absolute atomic E-state index is 9.19. The molecule has 0 saturated heterocycles. The minimum atomic E-state index is 0.471. The van der Waals surface area contributed by atoms with Crippen molar-refractivity contribution in [3.63, 3.8) is 0 Å². The number of hydrogen-bond donors (Lipinski definition) is 1. The minimum Gasteiger partial charge on any atom is -0.496 e. The van der Waals surface area contributed by atoms with Crippen LogP contribution in [0.1, 0.15) is 11.1 Å². The van der Waals surface area contributed by atoms with E-state index in [-0.39, 0.29) is 0 Å². The number of nitrogens with zero attached hydrogens (tertiary/aromatic N) is 1. The van der Waals surface area contributed by atoms with Gasteiger partial charge in [-0.05, 0) is 30.3 Å². The van der Waals surface area contributed by atoms with Crippen molar-refractivity contribution in [2.24, 2.45) is 0 Å². The Morgan fingerprint density at radius 3 is 2.57 bits per heavy atom. The predicted octanol–water partition coefficient (Wildman–Crippen LogP) is 3.84. The Hall–Kier alpha value is -2.38. The summed E-state index contributed by atoms with van der Waals surface area (Å²) in [6.45, 7) is 0.471. The van der Waals surface area contributed by atoms with E-state index in [0.717, 1.165) is 11.3 Å². The van der Waals surface area contributed by atoms with Gasteiger partial charge in [0.1, 0.15) is 17.6 Å². The van der Waals surface area contributed by atoms with Gasteiger partial charge in [-0.25, -0.2) is 0 Å². The fourth-order valence-corrected chi connectivity index (χ4v) is 2.24. The summed E-state index contributed by atoms with van der Waals surface area (Å²) in [5.74, 6) is 1.36. The van der Waals surface area contributed by atoms with Crippen LogP contribution in [0.3, 0.4) is 0 Å². The fourth-order valence-electron chi connectivity index (χ4n) is 2.05.